The molecule has 1 N–H and O–H groups in total. The van der Waals surface area contributed by atoms with Gasteiger partial charge in [0.05, 0.1) is 25.9 Å². The zero-order valence-electron chi connectivity index (χ0n) is 11.1. The van der Waals surface area contributed by atoms with E-state index in [1.54, 1.807) is 6.92 Å². The first-order valence-electron chi connectivity index (χ1n) is 6.08. The van der Waals surface area contributed by atoms with Crippen molar-refractivity contribution in [2.45, 2.75) is 45.4 Å². The fourth-order valence-electron chi connectivity index (χ4n) is 2.01. The van der Waals surface area contributed by atoms with Crippen molar-refractivity contribution in [3.05, 3.63) is 0 Å². The van der Waals surface area contributed by atoms with Gasteiger partial charge in [-0.25, -0.2) is 4.79 Å². The van der Waals surface area contributed by atoms with Crippen LogP contribution in [0.1, 0.15) is 33.6 Å². The van der Waals surface area contributed by atoms with Crippen LogP contribution in [0.5, 0.6) is 0 Å². The van der Waals surface area contributed by atoms with Gasteiger partial charge in [0.1, 0.15) is 6.23 Å². The Morgan fingerprint density at radius 1 is 1.71 bits per heavy atom. The summed E-state index contributed by atoms with van der Waals surface area (Å²) < 4.78 is 10.4. The van der Waals surface area contributed by atoms with E-state index in [1.807, 2.05) is 0 Å². The number of aliphatic hydroxyl groups is 1. The molecule has 0 aromatic carbocycles. The predicted octanol–water partition coefficient (Wildman–Crippen LogP) is 1.60. The van der Waals surface area contributed by atoms with Crippen LogP contribution in [0.4, 0.5) is 4.79 Å². The summed E-state index contributed by atoms with van der Waals surface area (Å²) in [5.41, 5.74) is -0.675. The fourth-order valence-corrected chi connectivity index (χ4v) is 2.01. The first kappa shape index (κ1) is 14.3. The number of carbonyl (C=O) groups is 1. The number of carbonyl (C=O) groups excluding carboxylic acids is 1. The van der Waals surface area contributed by atoms with Gasteiger partial charge in [0.2, 0.25) is 0 Å². The Morgan fingerprint density at radius 3 is 2.82 bits per heavy atom. The highest BCUT2D eigenvalue weighted by molar-refractivity contribution is 5.69. The first-order valence-corrected chi connectivity index (χ1v) is 6.08. The Balaban J connectivity index is 2.81. The molecule has 0 aliphatic carbocycles. The van der Waals surface area contributed by atoms with E-state index in [-0.39, 0.29) is 12.8 Å². The molecular formula is C12H23NO4. The van der Waals surface area contributed by atoms with E-state index in [0.717, 1.165) is 12.8 Å². The lowest BCUT2D eigenvalue weighted by Crippen LogP contribution is -2.52. The highest BCUT2D eigenvalue weighted by Gasteiger charge is 2.47. The molecule has 1 heterocycles. The number of aliphatic hydroxyl groups excluding tert-OH is 1. The van der Waals surface area contributed by atoms with Crippen molar-refractivity contribution in [1.29, 1.82) is 0 Å². The quantitative estimate of drug-likeness (QED) is 0.817. The van der Waals surface area contributed by atoms with E-state index in [9.17, 15) is 9.90 Å². The Kier molecular flexibility index (Phi) is 4.77. The summed E-state index contributed by atoms with van der Waals surface area (Å²) in [7, 11) is 1.35. The molecule has 1 saturated heterocycles. The van der Waals surface area contributed by atoms with E-state index in [2.05, 4.69) is 13.8 Å². The largest absolute Gasteiger partial charge is 0.453 e. The second-order valence-electron chi connectivity index (χ2n) is 5.01. The minimum absolute atomic E-state index is 0.126. The van der Waals surface area contributed by atoms with Crippen molar-refractivity contribution in [2.75, 3.05) is 20.3 Å². The van der Waals surface area contributed by atoms with Gasteiger partial charge >= 0.3 is 6.09 Å². The lowest BCUT2D eigenvalue weighted by atomic mass is 10.0. The molecule has 17 heavy (non-hydrogen) atoms. The molecule has 0 aromatic rings. The van der Waals surface area contributed by atoms with Crippen LogP contribution in [0.3, 0.4) is 0 Å². The molecule has 0 spiro atoms. The standard InChI is InChI=1S/C12H23NO4/c1-5-9(2)6-10-13(11(15)16-4)12(3,7-14)8-17-10/h9-10,14H,5-8H2,1-4H3/t9?,10-,12+/m1/s1. The van der Waals surface area contributed by atoms with Gasteiger partial charge in [0.25, 0.3) is 0 Å². The van der Waals surface area contributed by atoms with Crippen molar-refractivity contribution in [2.24, 2.45) is 5.92 Å². The van der Waals surface area contributed by atoms with Gasteiger partial charge in [-0.1, -0.05) is 20.3 Å². The minimum atomic E-state index is -0.675. The fraction of sp³-hybridized carbons (Fsp3) is 0.917. The molecule has 0 bridgehead atoms. The number of nitrogens with zero attached hydrogens (tertiary/aromatic N) is 1. The zero-order valence-corrected chi connectivity index (χ0v) is 11.1. The molecule has 100 valence electrons. The lowest BCUT2D eigenvalue weighted by molar-refractivity contribution is 0.00151. The topological polar surface area (TPSA) is 59.0 Å². The summed E-state index contributed by atoms with van der Waals surface area (Å²) >= 11 is 0. The second-order valence-corrected chi connectivity index (χ2v) is 5.01. The number of ether oxygens (including phenoxy) is 2. The third kappa shape index (κ3) is 2.90. The highest BCUT2D eigenvalue weighted by Crippen LogP contribution is 2.31. The number of methoxy groups -OCH3 is 1. The van der Waals surface area contributed by atoms with Crippen LogP contribution < -0.4 is 0 Å². The van der Waals surface area contributed by atoms with Crippen LogP contribution in [0.15, 0.2) is 0 Å². The summed E-state index contributed by atoms with van der Waals surface area (Å²) in [5, 5.41) is 9.42. The molecule has 3 atom stereocenters. The minimum Gasteiger partial charge on any atom is -0.453 e. The Labute approximate surface area is 103 Å². The Bertz CT molecular complexity index is 271. The Hall–Kier alpha value is -0.810. The SMILES string of the molecule is CCC(C)C[C@H]1OC[C@](C)(CO)N1C(=O)OC. The average molecular weight is 245 g/mol. The van der Waals surface area contributed by atoms with Gasteiger partial charge in [0.15, 0.2) is 0 Å². The molecule has 0 aromatic heterocycles. The molecule has 1 aliphatic heterocycles. The van der Waals surface area contributed by atoms with E-state index in [4.69, 9.17) is 9.47 Å². The van der Waals surface area contributed by atoms with Gasteiger partial charge in [0, 0.05) is 0 Å². The lowest BCUT2D eigenvalue weighted by Gasteiger charge is -2.34. The maximum absolute atomic E-state index is 11.8. The summed E-state index contributed by atoms with van der Waals surface area (Å²) in [5.74, 6) is 0.466. The van der Waals surface area contributed by atoms with Gasteiger partial charge in [-0.3, -0.25) is 4.90 Å². The van der Waals surface area contributed by atoms with Crippen molar-refractivity contribution < 1.29 is 19.4 Å². The normalized spacial score (nSPS) is 30.4. The molecule has 1 aliphatic rings. The predicted molar refractivity (Wildman–Crippen MR) is 63.5 cm³/mol. The first-order chi connectivity index (χ1) is 7.98. The van der Waals surface area contributed by atoms with Crippen LogP contribution >= 0.6 is 0 Å². The summed E-state index contributed by atoms with van der Waals surface area (Å²) in [4.78, 5) is 13.3. The van der Waals surface area contributed by atoms with Gasteiger partial charge in [-0.2, -0.15) is 0 Å². The molecule has 1 fully saturated rings. The van der Waals surface area contributed by atoms with Crippen LogP contribution in [-0.2, 0) is 9.47 Å². The van der Waals surface area contributed by atoms with Crippen LogP contribution in [-0.4, -0.2) is 48.2 Å². The second kappa shape index (κ2) is 5.69. The van der Waals surface area contributed by atoms with Crippen molar-refractivity contribution in [3.63, 3.8) is 0 Å². The van der Waals surface area contributed by atoms with Crippen molar-refractivity contribution in [1.82, 2.24) is 4.90 Å². The molecule has 0 saturated carbocycles. The molecule has 1 amide bonds. The Morgan fingerprint density at radius 2 is 2.35 bits per heavy atom. The monoisotopic (exact) mass is 245 g/mol. The number of hydrogen-bond donors (Lipinski definition) is 1. The molecule has 5 nitrogen and oxygen atoms in total. The van der Waals surface area contributed by atoms with Crippen LogP contribution in [0.25, 0.3) is 0 Å². The molecule has 1 unspecified atom stereocenters. The van der Waals surface area contributed by atoms with E-state index in [1.165, 1.54) is 12.0 Å². The summed E-state index contributed by atoms with van der Waals surface area (Å²) in [6, 6.07) is 0. The maximum Gasteiger partial charge on any atom is 0.412 e. The summed E-state index contributed by atoms with van der Waals surface area (Å²) in [6.45, 7) is 6.25. The van der Waals surface area contributed by atoms with Gasteiger partial charge in [-0.15, -0.1) is 0 Å². The van der Waals surface area contributed by atoms with Crippen LogP contribution in [0, 0.1) is 5.92 Å². The third-order valence-corrected chi connectivity index (χ3v) is 3.47. The third-order valence-electron chi connectivity index (χ3n) is 3.47. The highest BCUT2D eigenvalue weighted by atomic mass is 16.6. The average Bonchev–Trinajstić information content (AvgIpc) is 2.66. The van der Waals surface area contributed by atoms with Gasteiger partial charge < -0.3 is 14.6 Å². The number of hydrogen-bond acceptors (Lipinski definition) is 4. The van der Waals surface area contributed by atoms with E-state index in [0.29, 0.717) is 12.5 Å². The molecule has 5 heteroatoms. The zero-order chi connectivity index (χ0) is 13.1. The summed E-state index contributed by atoms with van der Waals surface area (Å²) in [6.07, 6.45) is 1.06. The van der Waals surface area contributed by atoms with E-state index >= 15 is 0 Å². The molecule has 0 radical (unpaired) electrons. The van der Waals surface area contributed by atoms with Crippen LogP contribution in [0.2, 0.25) is 0 Å². The number of amides is 1. The molecular weight excluding hydrogens is 222 g/mol. The smallest absolute Gasteiger partial charge is 0.412 e. The van der Waals surface area contributed by atoms with Crippen molar-refractivity contribution >= 4 is 6.09 Å². The number of rotatable bonds is 4. The van der Waals surface area contributed by atoms with Gasteiger partial charge in [-0.05, 0) is 19.3 Å². The van der Waals surface area contributed by atoms with E-state index < -0.39 is 11.6 Å². The van der Waals surface area contributed by atoms with Crippen molar-refractivity contribution in [3.8, 4) is 0 Å². The maximum atomic E-state index is 11.8. The molecule has 1 rings (SSSR count).